The van der Waals surface area contributed by atoms with Crippen LogP contribution in [-0.2, 0) is 14.8 Å². The molecule has 11 heteroatoms. The van der Waals surface area contributed by atoms with Crippen molar-refractivity contribution >= 4 is 38.9 Å². The fraction of sp³-hybridized carbons (Fsp3) is 0.0833. The van der Waals surface area contributed by atoms with Crippen LogP contribution in [0.2, 0.25) is 0 Å². The zero-order valence-corrected chi connectivity index (χ0v) is 19.3. The van der Waals surface area contributed by atoms with Gasteiger partial charge in [-0.1, -0.05) is 42.5 Å². The van der Waals surface area contributed by atoms with Crippen LogP contribution >= 0.6 is 0 Å². The standard InChI is InChI=1S/C24H22N4O6S/c1-2-15-25-24(30)21-13-6-7-14-22(21)26-23(29)17-27(18-9-8-10-19(16-18)28(31)32)35(33,34)20-11-4-3-5-12-20/h2-14,16H,1,15,17H2,(H,25,30)(H,26,29). The molecule has 2 amide bonds. The van der Waals surface area contributed by atoms with Gasteiger partial charge in [0.05, 0.1) is 26.8 Å². The molecule has 0 saturated carbocycles. The van der Waals surface area contributed by atoms with Crippen LogP contribution in [0.3, 0.4) is 0 Å². The van der Waals surface area contributed by atoms with E-state index in [9.17, 15) is 28.1 Å². The van der Waals surface area contributed by atoms with Crippen molar-refractivity contribution in [3.8, 4) is 0 Å². The third kappa shape index (κ3) is 6.09. The van der Waals surface area contributed by atoms with Gasteiger partial charge in [0.2, 0.25) is 5.91 Å². The van der Waals surface area contributed by atoms with E-state index in [0.29, 0.717) is 0 Å². The van der Waals surface area contributed by atoms with Crippen molar-refractivity contribution in [2.24, 2.45) is 0 Å². The Bertz CT molecular complexity index is 1360. The number of benzene rings is 3. The van der Waals surface area contributed by atoms with Crippen LogP contribution in [0.4, 0.5) is 17.1 Å². The van der Waals surface area contributed by atoms with Crippen LogP contribution in [0.15, 0.2) is 96.4 Å². The maximum Gasteiger partial charge on any atom is 0.271 e. The van der Waals surface area contributed by atoms with Gasteiger partial charge in [0.15, 0.2) is 0 Å². The second-order valence-electron chi connectivity index (χ2n) is 7.19. The molecule has 10 nitrogen and oxygen atoms in total. The number of nitro benzene ring substituents is 1. The van der Waals surface area contributed by atoms with Crippen molar-refractivity contribution in [3.63, 3.8) is 0 Å². The molecule has 0 radical (unpaired) electrons. The molecule has 0 bridgehead atoms. The Morgan fingerprint density at radius 2 is 1.69 bits per heavy atom. The van der Waals surface area contributed by atoms with E-state index in [1.54, 1.807) is 18.2 Å². The first-order valence-electron chi connectivity index (χ1n) is 10.3. The number of amides is 2. The van der Waals surface area contributed by atoms with Crippen LogP contribution in [0, 0.1) is 10.1 Å². The Kier molecular flexibility index (Phi) is 7.95. The molecule has 35 heavy (non-hydrogen) atoms. The van der Waals surface area contributed by atoms with E-state index < -0.39 is 33.3 Å². The Hall–Kier alpha value is -4.51. The molecule has 3 aromatic carbocycles. The normalized spacial score (nSPS) is 10.7. The summed E-state index contributed by atoms with van der Waals surface area (Å²) in [5.74, 6) is -1.20. The quantitative estimate of drug-likeness (QED) is 0.252. The largest absolute Gasteiger partial charge is 0.349 e. The second-order valence-corrected chi connectivity index (χ2v) is 9.06. The first-order chi connectivity index (χ1) is 16.7. The van der Waals surface area contributed by atoms with Crippen LogP contribution in [-0.4, -0.2) is 38.2 Å². The van der Waals surface area contributed by atoms with Gasteiger partial charge in [0, 0.05) is 18.7 Å². The number of hydrogen-bond acceptors (Lipinski definition) is 6. The Morgan fingerprint density at radius 1 is 1.00 bits per heavy atom. The van der Waals surface area contributed by atoms with Crippen LogP contribution < -0.4 is 14.9 Å². The third-order valence-electron chi connectivity index (χ3n) is 4.80. The topological polar surface area (TPSA) is 139 Å². The first kappa shape index (κ1) is 25.1. The predicted octanol–water partition coefficient (Wildman–Crippen LogP) is 3.34. The zero-order valence-electron chi connectivity index (χ0n) is 18.5. The molecule has 0 aromatic heterocycles. The Labute approximate surface area is 202 Å². The summed E-state index contributed by atoms with van der Waals surface area (Å²) < 4.78 is 27.6. The summed E-state index contributed by atoms with van der Waals surface area (Å²) in [6.45, 7) is 3.06. The monoisotopic (exact) mass is 494 g/mol. The van der Waals surface area contributed by atoms with Gasteiger partial charge in [-0.05, 0) is 30.3 Å². The maximum atomic E-state index is 13.4. The van der Waals surface area contributed by atoms with Crippen molar-refractivity contribution < 1.29 is 22.9 Å². The molecule has 180 valence electrons. The van der Waals surface area contributed by atoms with Gasteiger partial charge in [-0.15, -0.1) is 6.58 Å². The minimum absolute atomic E-state index is 0.0600. The SMILES string of the molecule is C=CCNC(=O)c1ccccc1NC(=O)CN(c1cccc([N+](=O)[O-])c1)S(=O)(=O)c1ccccc1. The summed E-state index contributed by atoms with van der Waals surface area (Å²) in [7, 11) is -4.26. The van der Waals surface area contributed by atoms with Gasteiger partial charge in [0.1, 0.15) is 6.54 Å². The first-order valence-corrected chi connectivity index (χ1v) is 11.8. The number of nitrogens with zero attached hydrogens (tertiary/aromatic N) is 2. The number of para-hydroxylation sites is 1. The molecule has 0 spiro atoms. The molecule has 0 fully saturated rings. The highest BCUT2D eigenvalue weighted by Gasteiger charge is 2.28. The molecule has 0 unspecified atom stereocenters. The van der Waals surface area contributed by atoms with Gasteiger partial charge in [-0.2, -0.15) is 0 Å². The lowest BCUT2D eigenvalue weighted by molar-refractivity contribution is -0.384. The Morgan fingerprint density at radius 3 is 2.37 bits per heavy atom. The van der Waals surface area contributed by atoms with Crippen molar-refractivity contribution in [3.05, 3.63) is 107 Å². The molecule has 0 atom stereocenters. The van der Waals surface area contributed by atoms with Crippen molar-refractivity contribution in [2.45, 2.75) is 4.90 Å². The molecular weight excluding hydrogens is 472 g/mol. The smallest absolute Gasteiger partial charge is 0.271 e. The van der Waals surface area contributed by atoms with E-state index in [2.05, 4.69) is 17.2 Å². The number of carbonyl (C=O) groups is 2. The summed E-state index contributed by atoms with van der Waals surface area (Å²) in [4.78, 5) is 35.9. The van der Waals surface area contributed by atoms with E-state index in [4.69, 9.17) is 0 Å². The molecular formula is C24H22N4O6S. The van der Waals surface area contributed by atoms with E-state index in [1.807, 2.05) is 0 Å². The fourth-order valence-electron chi connectivity index (χ4n) is 3.17. The lowest BCUT2D eigenvalue weighted by Gasteiger charge is -2.24. The maximum absolute atomic E-state index is 13.4. The van der Waals surface area contributed by atoms with Crippen LogP contribution in [0.1, 0.15) is 10.4 Å². The number of rotatable bonds is 10. The summed E-state index contributed by atoms with van der Waals surface area (Å²) in [6.07, 6.45) is 1.50. The summed E-state index contributed by atoms with van der Waals surface area (Å²) in [5.41, 5.74) is -0.0405. The summed E-state index contributed by atoms with van der Waals surface area (Å²) in [6, 6.07) is 18.6. The van der Waals surface area contributed by atoms with Crippen LogP contribution in [0.5, 0.6) is 0 Å². The number of sulfonamides is 1. The van der Waals surface area contributed by atoms with Crippen molar-refractivity contribution in [2.75, 3.05) is 22.7 Å². The highest BCUT2D eigenvalue weighted by molar-refractivity contribution is 7.92. The minimum atomic E-state index is -4.26. The molecule has 3 aromatic rings. The highest BCUT2D eigenvalue weighted by Crippen LogP contribution is 2.27. The molecule has 0 aliphatic carbocycles. The van der Waals surface area contributed by atoms with Gasteiger partial charge in [-0.25, -0.2) is 8.42 Å². The molecule has 0 aliphatic rings. The number of nitrogens with one attached hydrogen (secondary N) is 2. The van der Waals surface area contributed by atoms with Gasteiger partial charge in [0.25, 0.3) is 21.6 Å². The van der Waals surface area contributed by atoms with Gasteiger partial charge < -0.3 is 10.6 Å². The second kappa shape index (κ2) is 11.1. The molecule has 0 saturated heterocycles. The molecule has 0 heterocycles. The van der Waals surface area contributed by atoms with E-state index >= 15 is 0 Å². The lowest BCUT2D eigenvalue weighted by atomic mass is 10.1. The predicted molar refractivity (Wildman–Crippen MR) is 132 cm³/mol. The average Bonchev–Trinajstić information content (AvgIpc) is 2.86. The van der Waals surface area contributed by atoms with Crippen LogP contribution in [0.25, 0.3) is 0 Å². The number of carbonyl (C=O) groups excluding carboxylic acids is 2. The fourth-order valence-corrected chi connectivity index (χ4v) is 4.60. The minimum Gasteiger partial charge on any atom is -0.349 e. The van der Waals surface area contributed by atoms with Crippen molar-refractivity contribution in [1.29, 1.82) is 0 Å². The molecule has 3 rings (SSSR count). The molecule has 0 aliphatic heterocycles. The number of non-ortho nitro benzene ring substituents is 1. The summed E-state index contributed by atoms with van der Waals surface area (Å²) >= 11 is 0. The number of nitro groups is 1. The summed E-state index contributed by atoms with van der Waals surface area (Å²) in [5, 5.41) is 16.4. The van der Waals surface area contributed by atoms with Gasteiger partial charge >= 0.3 is 0 Å². The highest BCUT2D eigenvalue weighted by atomic mass is 32.2. The average molecular weight is 495 g/mol. The van der Waals surface area contributed by atoms with Gasteiger partial charge in [-0.3, -0.25) is 24.0 Å². The number of hydrogen-bond donors (Lipinski definition) is 2. The zero-order chi connectivity index (χ0) is 25.4. The third-order valence-corrected chi connectivity index (χ3v) is 6.59. The Balaban J connectivity index is 1.96. The van der Waals surface area contributed by atoms with E-state index in [-0.39, 0.29) is 34.1 Å². The van der Waals surface area contributed by atoms with E-state index in [0.717, 1.165) is 10.4 Å². The lowest BCUT2D eigenvalue weighted by Crippen LogP contribution is -2.38. The van der Waals surface area contributed by atoms with Crippen molar-refractivity contribution in [1.82, 2.24) is 5.32 Å². The molecule has 2 N–H and O–H groups in total. The van der Waals surface area contributed by atoms with E-state index in [1.165, 1.54) is 60.7 Å². The number of anilines is 2.